The molecule has 0 radical (unpaired) electrons. The number of nitrogens with zero attached hydrogens (tertiary/aromatic N) is 1. The molecular formula is C15H18N2O3. The molecule has 0 aliphatic heterocycles. The van der Waals surface area contributed by atoms with E-state index in [-0.39, 0.29) is 0 Å². The van der Waals surface area contributed by atoms with Crippen LogP contribution in [0, 0.1) is 0 Å². The molecular weight excluding hydrogens is 256 g/mol. The Kier molecular flexibility index (Phi) is 4.42. The minimum absolute atomic E-state index is 0.413. The highest BCUT2D eigenvalue weighted by atomic mass is 16.5. The van der Waals surface area contributed by atoms with Gasteiger partial charge in [0.15, 0.2) is 0 Å². The number of hydrogen-bond acceptors (Lipinski definition) is 5. The molecule has 0 aliphatic carbocycles. The monoisotopic (exact) mass is 274 g/mol. The van der Waals surface area contributed by atoms with Crippen LogP contribution < -0.4 is 19.9 Å². The average Bonchev–Trinajstić information content (AvgIpc) is 2.53. The van der Waals surface area contributed by atoms with Crippen molar-refractivity contribution < 1.29 is 14.2 Å². The Morgan fingerprint density at radius 1 is 1.00 bits per heavy atom. The zero-order valence-corrected chi connectivity index (χ0v) is 11.8. The fourth-order valence-electron chi connectivity index (χ4n) is 2.06. The molecule has 0 spiro atoms. The van der Waals surface area contributed by atoms with Crippen LogP contribution in [0.3, 0.4) is 0 Å². The molecule has 1 unspecified atom stereocenters. The molecule has 1 heterocycles. The number of benzene rings is 1. The Balaban J connectivity index is 2.49. The fraction of sp³-hybridized carbons (Fsp3) is 0.267. The molecule has 2 aromatic rings. The van der Waals surface area contributed by atoms with E-state index in [4.69, 9.17) is 19.9 Å². The largest absolute Gasteiger partial charge is 0.497 e. The third-order valence-electron chi connectivity index (χ3n) is 3.10. The summed E-state index contributed by atoms with van der Waals surface area (Å²) in [5.74, 6) is 1.92. The van der Waals surface area contributed by atoms with Gasteiger partial charge in [0.2, 0.25) is 5.88 Å². The van der Waals surface area contributed by atoms with Gasteiger partial charge in [0.25, 0.3) is 0 Å². The maximum atomic E-state index is 6.34. The molecule has 5 nitrogen and oxygen atoms in total. The van der Waals surface area contributed by atoms with Gasteiger partial charge in [-0.25, -0.2) is 4.98 Å². The average molecular weight is 274 g/mol. The molecule has 5 heteroatoms. The van der Waals surface area contributed by atoms with Gasteiger partial charge in [-0.2, -0.15) is 0 Å². The van der Waals surface area contributed by atoms with Crippen LogP contribution in [0.1, 0.15) is 17.2 Å². The molecule has 0 saturated carbocycles. The van der Waals surface area contributed by atoms with E-state index in [9.17, 15) is 0 Å². The highest BCUT2D eigenvalue weighted by Crippen LogP contribution is 2.34. The Morgan fingerprint density at radius 2 is 1.80 bits per heavy atom. The first kappa shape index (κ1) is 14.1. The molecule has 0 aliphatic rings. The minimum Gasteiger partial charge on any atom is -0.497 e. The topological polar surface area (TPSA) is 66.6 Å². The summed E-state index contributed by atoms with van der Waals surface area (Å²) < 4.78 is 15.9. The van der Waals surface area contributed by atoms with Crippen LogP contribution in [0.5, 0.6) is 17.4 Å². The van der Waals surface area contributed by atoms with Crippen molar-refractivity contribution in [1.82, 2.24) is 4.98 Å². The second-order valence-corrected chi connectivity index (χ2v) is 4.19. The summed E-state index contributed by atoms with van der Waals surface area (Å²) in [4.78, 5) is 4.17. The van der Waals surface area contributed by atoms with Gasteiger partial charge in [0.05, 0.1) is 27.4 Å². The molecule has 1 atom stereocenters. The lowest BCUT2D eigenvalue weighted by molar-refractivity contribution is 0.385. The molecule has 106 valence electrons. The molecule has 1 aromatic heterocycles. The van der Waals surface area contributed by atoms with Gasteiger partial charge in [-0.15, -0.1) is 0 Å². The number of hydrogen-bond donors (Lipinski definition) is 1. The van der Waals surface area contributed by atoms with Gasteiger partial charge in [-0.1, -0.05) is 6.07 Å². The van der Waals surface area contributed by atoms with Crippen molar-refractivity contribution in [3.63, 3.8) is 0 Å². The molecule has 1 aromatic carbocycles. The van der Waals surface area contributed by atoms with E-state index in [2.05, 4.69) is 4.98 Å². The second-order valence-electron chi connectivity index (χ2n) is 4.19. The highest BCUT2D eigenvalue weighted by Gasteiger charge is 2.19. The van der Waals surface area contributed by atoms with Crippen molar-refractivity contribution in [2.45, 2.75) is 6.04 Å². The van der Waals surface area contributed by atoms with Crippen molar-refractivity contribution in [1.29, 1.82) is 0 Å². The van der Waals surface area contributed by atoms with Gasteiger partial charge in [-0.05, 0) is 24.3 Å². The van der Waals surface area contributed by atoms with Crippen LogP contribution >= 0.6 is 0 Å². The van der Waals surface area contributed by atoms with Crippen molar-refractivity contribution in [3.05, 3.63) is 47.7 Å². The first-order chi connectivity index (χ1) is 9.71. The van der Waals surface area contributed by atoms with Crippen LogP contribution in [-0.2, 0) is 0 Å². The molecule has 20 heavy (non-hydrogen) atoms. The quantitative estimate of drug-likeness (QED) is 0.905. The third kappa shape index (κ3) is 2.67. The SMILES string of the molecule is COc1ccc(OC)c(C(N)c2cccnc2OC)c1. The molecule has 2 N–H and O–H groups in total. The smallest absolute Gasteiger partial charge is 0.218 e. The molecule has 0 saturated heterocycles. The van der Waals surface area contributed by atoms with E-state index in [0.29, 0.717) is 11.6 Å². The summed E-state index contributed by atoms with van der Waals surface area (Å²) in [6, 6.07) is 8.81. The summed E-state index contributed by atoms with van der Waals surface area (Å²) in [6.07, 6.45) is 1.66. The lowest BCUT2D eigenvalue weighted by Crippen LogP contribution is -2.15. The second kappa shape index (κ2) is 6.25. The third-order valence-corrected chi connectivity index (χ3v) is 3.10. The van der Waals surface area contributed by atoms with Gasteiger partial charge >= 0.3 is 0 Å². The summed E-state index contributed by atoms with van der Waals surface area (Å²) in [5.41, 5.74) is 7.95. The summed E-state index contributed by atoms with van der Waals surface area (Å²) in [7, 11) is 4.79. The predicted molar refractivity (Wildman–Crippen MR) is 76.4 cm³/mol. The standard InChI is InChI=1S/C15H18N2O3/c1-18-10-6-7-13(19-2)12(9-10)14(16)11-5-4-8-17-15(11)20-3/h4-9,14H,16H2,1-3H3. The van der Waals surface area contributed by atoms with Gasteiger partial charge in [0, 0.05) is 17.3 Å². The number of rotatable bonds is 5. The van der Waals surface area contributed by atoms with Crippen molar-refractivity contribution in [2.24, 2.45) is 5.73 Å². The Hall–Kier alpha value is -2.27. The normalized spacial score (nSPS) is 11.8. The molecule has 2 rings (SSSR count). The van der Waals surface area contributed by atoms with Crippen molar-refractivity contribution >= 4 is 0 Å². The van der Waals surface area contributed by atoms with E-state index in [0.717, 1.165) is 16.9 Å². The van der Waals surface area contributed by atoms with E-state index in [1.165, 1.54) is 0 Å². The first-order valence-corrected chi connectivity index (χ1v) is 6.17. The number of pyridine rings is 1. The van der Waals surface area contributed by atoms with E-state index < -0.39 is 6.04 Å². The number of ether oxygens (including phenoxy) is 3. The van der Waals surface area contributed by atoms with Gasteiger partial charge in [-0.3, -0.25) is 0 Å². The van der Waals surface area contributed by atoms with Crippen LogP contribution in [-0.4, -0.2) is 26.3 Å². The zero-order valence-electron chi connectivity index (χ0n) is 11.8. The summed E-state index contributed by atoms with van der Waals surface area (Å²) in [5, 5.41) is 0. The summed E-state index contributed by atoms with van der Waals surface area (Å²) in [6.45, 7) is 0. The number of aromatic nitrogens is 1. The Morgan fingerprint density at radius 3 is 2.45 bits per heavy atom. The van der Waals surface area contributed by atoms with Crippen molar-refractivity contribution in [3.8, 4) is 17.4 Å². The predicted octanol–water partition coefficient (Wildman–Crippen LogP) is 2.16. The lowest BCUT2D eigenvalue weighted by atomic mass is 9.99. The van der Waals surface area contributed by atoms with Crippen LogP contribution in [0.2, 0.25) is 0 Å². The van der Waals surface area contributed by atoms with E-state index >= 15 is 0 Å². The lowest BCUT2D eigenvalue weighted by Gasteiger charge is -2.18. The Bertz CT molecular complexity index is 587. The molecule has 0 fully saturated rings. The van der Waals surface area contributed by atoms with Crippen molar-refractivity contribution in [2.75, 3.05) is 21.3 Å². The van der Waals surface area contributed by atoms with E-state index in [1.807, 2.05) is 30.3 Å². The minimum atomic E-state index is -0.413. The van der Waals surface area contributed by atoms with Crippen LogP contribution in [0.4, 0.5) is 0 Å². The zero-order chi connectivity index (χ0) is 14.5. The fourth-order valence-corrected chi connectivity index (χ4v) is 2.06. The van der Waals surface area contributed by atoms with Gasteiger partial charge < -0.3 is 19.9 Å². The highest BCUT2D eigenvalue weighted by molar-refractivity contribution is 5.47. The van der Waals surface area contributed by atoms with E-state index in [1.54, 1.807) is 27.5 Å². The maximum Gasteiger partial charge on any atom is 0.218 e. The van der Waals surface area contributed by atoms with Crippen LogP contribution in [0.25, 0.3) is 0 Å². The Labute approximate surface area is 118 Å². The first-order valence-electron chi connectivity index (χ1n) is 6.17. The molecule has 0 amide bonds. The number of methoxy groups -OCH3 is 3. The summed E-state index contributed by atoms with van der Waals surface area (Å²) >= 11 is 0. The van der Waals surface area contributed by atoms with Crippen LogP contribution in [0.15, 0.2) is 36.5 Å². The maximum absolute atomic E-state index is 6.34. The number of nitrogens with two attached hydrogens (primary N) is 1. The van der Waals surface area contributed by atoms with Gasteiger partial charge in [0.1, 0.15) is 11.5 Å². The molecule has 0 bridgehead atoms.